The molecule has 29 heavy (non-hydrogen) atoms. The van der Waals surface area contributed by atoms with E-state index in [1.54, 1.807) is 0 Å². The van der Waals surface area contributed by atoms with E-state index in [9.17, 15) is 15.0 Å². The van der Waals surface area contributed by atoms with Crippen molar-refractivity contribution in [1.82, 2.24) is 0 Å². The number of rotatable bonds is 13. The number of aliphatic carboxylic acids is 1. The average Bonchev–Trinajstić information content (AvgIpc) is 2.98. The van der Waals surface area contributed by atoms with E-state index in [2.05, 4.69) is 21.6 Å². The van der Waals surface area contributed by atoms with Crippen LogP contribution in [0.4, 0.5) is 0 Å². The molecule has 5 nitrogen and oxygen atoms in total. The number of carboxylic acid groups (broad SMARTS) is 1. The molecule has 0 aliphatic heterocycles. The van der Waals surface area contributed by atoms with Gasteiger partial charge in [-0.25, -0.2) is 0 Å². The second-order valence-electron chi connectivity index (χ2n) is 8.05. The van der Waals surface area contributed by atoms with Crippen molar-refractivity contribution in [1.29, 1.82) is 0 Å². The second kappa shape index (κ2) is 13.1. The summed E-state index contributed by atoms with van der Waals surface area (Å²) in [6.07, 6.45) is 9.39. The van der Waals surface area contributed by atoms with Crippen LogP contribution in [0.5, 0.6) is 0 Å². The molecule has 0 bridgehead atoms. The van der Waals surface area contributed by atoms with Crippen LogP contribution in [0.2, 0.25) is 0 Å². The largest absolute Gasteiger partial charge is 0.481 e. The van der Waals surface area contributed by atoms with Crippen LogP contribution in [-0.4, -0.2) is 39.6 Å². The molecule has 1 unspecified atom stereocenters. The zero-order valence-electron chi connectivity index (χ0n) is 17.0. The third-order valence-corrected chi connectivity index (χ3v) is 6.35. The fraction of sp³-hybridized carbons (Fsp3) is 0.609. The summed E-state index contributed by atoms with van der Waals surface area (Å²) >= 11 is 0. The standard InChI is InChI=1S/C23H35O5P/c24-21-16-22(25)20(19(21)10-6-1-2-7-11-23(26)27)15-14-18(28-29)13-12-17-8-4-3-5-9-17/h1,3-6,8-9,18-22,24-25H,2,7,10-16,29H2,(H,26,27)/b6-1-/t18-,19+,20+,21-,22+/m0/s1. The van der Waals surface area contributed by atoms with Gasteiger partial charge in [0.15, 0.2) is 0 Å². The lowest BCUT2D eigenvalue weighted by Crippen LogP contribution is -2.23. The molecule has 1 fully saturated rings. The first-order valence-electron chi connectivity index (χ1n) is 10.6. The molecule has 3 N–H and O–H groups in total. The predicted molar refractivity (Wildman–Crippen MR) is 117 cm³/mol. The van der Waals surface area contributed by atoms with Crippen molar-refractivity contribution >= 4 is 15.4 Å². The Morgan fingerprint density at radius 3 is 2.55 bits per heavy atom. The van der Waals surface area contributed by atoms with E-state index in [1.807, 2.05) is 30.4 Å². The van der Waals surface area contributed by atoms with Crippen LogP contribution in [0.3, 0.4) is 0 Å². The molecule has 6 heteroatoms. The van der Waals surface area contributed by atoms with Gasteiger partial charge < -0.3 is 19.8 Å². The van der Waals surface area contributed by atoms with Crippen LogP contribution in [0.15, 0.2) is 42.5 Å². The van der Waals surface area contributed by atoms with Gasteiger partial charge in [0.25, 0.3) is 0 Å². The highest BCUT2D eigenvalue weighted by atomic mass is 31.0. The Bertz CT molecular complexity index is 621. The molecule has 0 saturated heterocycles. The Morgan fingerprint density at radius 1 is 1.14 bits per heavy atom. The Balaban J connectivity index is 1.79. The minimum atomic E-state index is -0.772. The number of aliphatic hydroxyl groups excluding tert-OH is 2. The summed E-state index contributed by atoms with van der Waals surface area (Å²) in [6.45, 7) is 0. The van der Waals surface area contributed by atoms with Crippen molar-refractivity contribution in [3.05, 3.63) is 48.0 Å². The van der Waals surface area contributed by atoms with E-state index in [-0.39, 0.29) is 24.4 Å². The van der Waals surface area contributed by atoms with E-state index < -0.39 is 18.2 Å². The number of aliphatic hydroxyl groups is 2. The number of hydrogen-bond donors (Lipinski definition) is 3. The monoisotopic (exact) mass is 422 g/mol. The molecular formula is C23H35O5P. The number of hydrogen-bond acceptors (Lipinski definition) is 4. The molecular weight excluding hydrogens is 387 g/mol. The van der Waals surface area contributed by atoms with Crippen LogP contribution >= 0.6 is 9.47 Å². The zero-order valence-corrected chi connectivity index (χ0v) is 18.2. The fourth-order valence-electron chi connectivity index (χ4n) is 4.28. The highest BCUT2D eigenvalue weighted by Crippen LogP contribution is 2.39. The molecule has 6 atom stereocenters. The normalized spacial score (nSPS) is 25.5. The van der Waals surface area contributed by atoms with Gasteiger partial charge in [-0.1, -0.05) is 42.5 Å². The van der Waals surface area contributed by atoms with Crippen molar-refractivity contribution in [2.24, 2.45) is 11.8 Å². The maximum atomic E-state index is 10.5. The maximum absolute atomic E-state index is 10.5. The number of unbranched alkanes of at least 4 members (excludes halogenated alkanes) is 1. The molecule has 2 rings (SSSR count). The Morgan fingerprint density at radius 2 is 1.86 bits per heavy atom. The number of carboxylic acids is 1. The van der Waals surface area contributed by atoms with Gasteiger partial charge in [0.1, 0.15) is 0 Å². The van der Waals surface area contributed by atoms with E-state index in [0.29, 0.717) is 19.3 Å². The summed E-state index contributed by atoms with van der Waals surface area (Å²) in [5.41, 5.74) is 1.29. The average molecular weight is 423 g/mol. The zero-order chi connectivity index (χ0) is 21.1. The maximum Gasteiger partial charge on any atom is 0.303 e. The van der Waals surface area contributed by atoms with Gasteiger partial charge in [-0.05, 0) is 68.8 Å². The Hall–Kier alpha value is -1.26. The molecule has 1 saturated carbocycles. The van der Waals surface area contributed by atoms with E-state index in [0.717, 1.165) is 32.1 Å². The third-order valence-electron chi connectivity index (χ3n) is 5.97. The SMILES string of the molecule is O=C(O)CCC/C=C\C[C@@H]1[C@@H](CC[C@H](CCc2ccccc2)OP)[C@H](O)C[C@@H]1O. The van der Waals surface area contributed by atoms with Crippen molar-refractivity contribution in [2.45, 2.75) is 76.1 Å². The lowest BCUT2D eigenvalue weighted by atomic mass is 9.85. The minimum absolute atomic E-state index is 0.0417. The Labute approximate surface area is 176 Å². The molecule has 1 aliphatic rings. The van der Waals surface area contributed by atoms with Crippen LogP contribution < -0.4 is 0 Å². The first-order chi connectivity index (χ1) is 14.0. The summed E-state index contributed by atoms with van der Waals surface area (Å²) < 4.78 is 5.58. The fourth-order valence-corrected chi connectivity index (χ4v) is 4.55. The second-order valence-corrected chi connectivity index (χ2v) is 8.32. The van der Waals surface area contributed by atoms with Crippen molar-refractivity contribution in [3.8, 4) is 0 Å². The van der Waals surface area contributed by atoms with Gasteiger partial charge in [0.2, 0.25) is 0 Å². The van der Waals surface area contributed by atoms with Crippen LogP contribution in [0, 0.1) is 11.8 Å². The summed E-state index contributed by atoms with van der Waals surface area (Å²) in [5, 5.41) is 29.5. The highest BCUT2D eigenvalue weighted by Gasteiger charge is 2.40. The minimum Gasteiger partial charge on any atom is -0.481 e. The van der Waals surface area contributed by atoms with Crippen molar-refractivity contribution in [2.75, 3.05) is 0 Å². The number of benzene rings is 1. The molecule has 0 aromatic heterocycles. The quantitative estimate of drug-likeness (QED) is 0.253. The lowest BCUT2D eigenvalue weighted by molar-refractivity contribution is -0.137. The number of carbonyl (C=O) groups is 1. The molecule has 0 heterocycles. The van der Waals surface area contributed by atoms with Gasteiger partial charge in [0.05, 0.1) is 18.3 Å². The van der Waals surface area contributed by atoms with Gasteiger partial charge in [-0.2, -0.15) is 0 Å². The molecule has 0 spiro atoms. The predicted octanol–water partition coefficient (Wildman–Crippen LogP) is 4.13. The molecule has 0 amide bonds. The van der Waals surface area contributed by atoms with Gasteiger partial charge in [-0.3, -0.25) is 4.79 Å². The molecule has 1 aromatic carbocycles. The lowest BCUT2D eigenvalue weighted by Gasteiger charge is -2.24. The Kier molecular flexibility index (Phi) is 10.9. The van der Waals surface area contributed by atoms with Crippen LogP contribution in [0.25, 0.3) is 0 Å². The summed E-state index contributed by atoms with van der Waals surface area (Å²) in [6, 6.07) is 10.3. The van der Waals surface area contributed by atoms with Crippen LogP contribution in [-0.2, 0) is 15.7 Å². The molecule has 0 radical (unpaired) electrons. The number of aryl methyl sites for hydroxylation is 1. The summed E-state index contributed by atoms with van der Waals surface area (Å²) in [7, 11) is 2.37. The van der Waals surface area contributed by atoms with Gasteiger partial charge >= 0.3 is 5.97 Å². The summed E-state index contributed by atoms with van der Waals surface area (Å²) in [5.74, 6) is -0.668. The van der Waals surface area contributed by atoms with E-state index in [1.165, 1.54) is 5.56 Å². The van der Waals surface area contributed by atoms with Gasteiger partial charge in [0, 0.05) is 15.9 Å². The van der Waals surface area contributed by atoms with Gasteiger partial charge in [-0.15, -0.1) is 0 Å². The number of allylic oxidation sites excluding steroid dienone is 2. The van der Waals surface area contributed by atoms with E-state index in [4.69, 9.17) is 9.63 Å². The molecule has 162 valence electrons. The third kappa shape index (κ3) is 8.55. The first-order valence-corrected chi connectivity index (χ1v) is 11.1. The highest BCUT2D eigenvalue weighted by molar-refractivity contribution is 7.09. The molecule has 1 aliphatic carbocycles. The summed E-state index contributed by atoms with van der Waals surface area (Å²) in [4.78, 5) is 10.5. The van der Waals surface area contributed by atoms with Crippen molar-refractivity contribution < 1.29 is 24.6 Å². The first kappa shape index (κ1) is 24.0. The van der Waals surface area contributed by atoms with E-state index >= 15 is 0 Å². The van der Waals surface area contributed by atoms with Crippen LogP contribution in [0.1, 0.15) is 56.9 Å². The topological polar surface area (TPSA) is 87.0 Å². The van der Waals surface area contributed by atoms with Crippen molar-refractivity contribution in [3.63, 3.8) is 0 Å². The smallest absolute Gasteiger partial charge is 0.303 e. The molecule has 1 aromatic rings.